The zero-order chi connectivity index (χ0) is 14.1. The van der Waals surface area contributed by atoms with Gasteiger partial charge in [0.2, 0.25) is 0 Å². The number of hydrogen-bond acceptors (Lipinski definition) is 2. The Kier molecular flexibility index (Phi) is 2.88. The second kappa shape index (κ2) is 4.70. The highest BCUT2D eigenvalue weighted by atomic mass is 16.3. The molecular weight excluding hydrogens is 250 g/mol. The molecule has 0 spiro atoms. The highest BCUT2D eigenvalue weighted by Crippen LogP contribution is 2.36. The topological polar surface area (TPSA) is 63.3 Å². The molecule has 0 radical (unpaired) electrons. The van der Waals surface area contributed by atoms with E-state index in [-0.39, 0.29) is 11.3 Å². The Hall–Kier alpha value is -2.81. The molecule has 0 saturated carbocycles. The third-order valence-electron chi connectivity index (χ3n) is 3.38. The minimum atomic E-state index is -0.635. The maximum atomic E-state index is 11.3. The number of benzene rings is 3. The van der Waals surface area contributed by atoms with Crippen molar-refractivity contribution in [1.29, 1.82) is 0 Å². The molecule has 0 fully saturated rings. The molecule has 3 rings (SSSR count). The van der Waals surface area contributed by atoms with Gasteiger partial charge in [-0.2, -0.15) is 0 Å². The van der Waals surface area contributed by atoms with E-state index < -0.39 is 5.91 Å². The lowest BCUT2D eigenvalue weighted by Crippen LogP contribution is -2.11. The lowest BCUT2D eigenvalue weighted by molar-refractivity contribution is 0.0998. The van der Waals surface area contributed by atoms with Crippen molar-refractivity contribution >= 4 is 16.7 Å². The largest absolute Gasteiger partial charge is 0.506 e. The van der Waals surface area contributed by atoms with Crippen molar-refractivity contribution in [3.8, 4) is 16.9 Å². The number of carbonyl (C=O) groups is 1. The number of carbonyl (C=O) groups excluding carboxylic acids is 1. The number of para-hydroxylation sites is 1. The normalized spacial score (nSPS) is 10.6. The Bertz CT molecular complexity index is 804. The summed E-state index contributed by atoms with van der Waals surface area (Å²) in [6.07, 6.45) is 0. The van der Waals surface area contributed by atoms with E-state index in [1.54, 1.807) is 12.1 Å². The predicted molar refractivity (Wildman–Crippen MR) is 79.6 cm³/mol. The fraction of sp³-hybridized carbons (Fsp3) is 0. The fourth-order valence-electron chi connectivity index (χ4n) is 2.42. The molecule has 3 heteroatoms. The maximum absolute atomic E-state index is 11.3. The second-order valence-electron chi connectivity index (χ2n) is 4.59. The minimum Gasteiger partial charge on any atom is -0.506 e. The molecule has 3 aromatic carbocycles. The zero-order valence-corrected chi connectivity index (χ0v) is 10.7. The van der Waals surface area contributed by atoms with Gasteiger partial charge in [-0.05, 0) is 22.4 Å². The van der Waals surface area contributed by atoms with Crippen molar-refractivity contribution in [2.45, 2.75) is 0 Å². The Morgan fingerprint density at radius 3 is 2.30 bits per heavy atom. The summed E-state index contributed by atoms with van der Waals surface area (Å²) in [5, 5.41) is 12.4. The summed E-state index contributed by atoms with van der Waals surface area (Å²) in [5.74, 6) is -0.707. The molecular formula is C17H13NO2. The molecule has 0 saturated heterocycles. The van der Waals surface area contributed by atoms with Crippen LogP contribution in [0.4, 0.5) is 0 Å². The van der Waals surface area contributed by atoms with E-state index in [9.17, 15) is 9.90 Å². The average Bonchev–Trinajstić information content (AvgIpc) is 2.47. The monoisotopic (exact) mass is 263 g/mol. The molecule has 0 aliphatic rings. The van der Waals surface area contributed by atoms with Crippen LogP contribution >= 0.6 is 0 Å². The fourth-order valence-corrected chi connectivity index (χ4v) is 2.42. The van der Waals surface area contributed by atoms with Crippen molar-refractivity contribution in [1.82, 2.24) is 0 Å². The molecule has 20 heavy (non-hydrogen) atoms. The number of phenols is 1. The standard InChI is InChI=1S/C17H13NO2/c18-17(20)15-10-4-9-14(16(15)19)13-8-3-6-11-5-1-2-7-12(11)13/h1-10,19H,(H2,18,20). The SMILES string of the molecule is NC(=O)c1cccc(-c2cccc3ccccc23)c1O. The molecule has 0 atom stereocenters. The first-order valence-electron chi connectivity index (χ1n) is 6.28. The van der Waals surface area contributed by atoms with Gasteiger partial charge in [0, 0.05) is 5.56 Å². The van der Waals surface area contributed by atoms with Gasteiger partial charge in [0.05, 0.1) is 5.56 Å². The summed E-state index contributed by atoms with van der Waals surface area (Å²) >= 11 is 0. The highest BCUT2D eigenvalue weighted by molar-refractivity contribution is 6.02. The van der Waals surface area contributed by atoms with Crippen LogP contribution in [-0.4, -0.2) is 11.0 Å². The van der Waals surface area contributed by atoms with Crippen LogP contribution in [0, 0.1) is 0 Å². The number of hydrogen-bond donors (Lipinski definition) is 2. The molecule has 0 unspecified atom stereocenters. The van der Waals surface area contributed by atoms with Crippen LogP contribution in [0.1, 0.15) is 10.4 Å². The van der Waals surface area contributed by atoms with Crippen molar-refractivity contribution in [3.63, 3.8) is 0 Å². The van der Waals surface area contributed by atoms with Gasteiger partial charge in [0.15, 0.2) is 0 Å². The maximum Gasteiger partial charge on any atom is 0.252 e. The first-order chi connectivity index (χ1) is 9.68. The summed E-state index contributed by atoms with van der Waals surface area (Å²) in [7, 11) is 0. The van der Waals surface area contributed by atoms with E-state index in [1.807, 2.05) is 42.5 Å². The Morgan fingerprint density at radius 1 is 0.850 bits per heavy atom. The number of primary amides is 1. The van der Waals surface area contributed by atoms with Gasteiger partial charge in [-0.3, -0.25) is 4.79 Å². The van der Waals surface area contributed by atoms with Crippen LogP contribution in [0.25, 0.3) is 21.9 Å². The van der Waals surface area contributed by atoms with Crippen LogP contribution in [0.15, 0.2) is 60.7 Å². The summed E-state index contributed by atoms with van der Waals surface area (Å²) in [4.78, 5) is 11.3. The summed E-state index contributed by atoms with van der Waals surface area (Å²) in [6.45, 7) is 0. The molecule has 98 valence electrons. The molecule has 0 aromatic heterocycles. The zero-order valence-electron chi connectivity index (χ0n) is 10.7. The van der Waals surface area contributed by atoms with E-state index in [2.05, 4.69) is 0 Å². The highest BCUT2D eigenvalue weighted by Gasteiger charge is 2.14. The predicted octanol–water partition coefficient (Wildman–Crippen LogP) is 3.31. The van der Waals surface area contributed by atoms with Gasteiger partial charge in [0.1, 0.15) is 5.75 Å². The van der Waals surface area contributed by atoms with E-state index in [0.29, 0.717) is 5.56 Å². The van der Waals surface area contributed by atoms with Gasteiger partial charge in [-0.1, -0.05) is 54.6 Å². The second-order valence-corrected chi connectivity index (χ2v) is 4.59. The number of fused-ring (bicyclic) bond motifs is 1. The third-order valence-corrected chi connectivity index (χ3v) is 3.38. The minimum absolute atomic E-state index is 0.0728. The van der Waals surface area contributed by atoms with Crippen LogP contribution in [-0.2, 0) is 0 Å². The van der Waals surface area contributed by atoms with Crippen LogP contribution in [0.3, 0.4) is 0 Å². The molecule has 1 amide bonds. The Balaban J connectivity index is 2.32. The summed E-state index contributed by atoms with van der Waals surface area (Å²) < 4.78 is 0. The van der Waals surface area contributed by atoms with E-state index >= 15 is 0 Å². The molecule has 0 aliphatic heterocycles. The summed E-state index contributed by atoms with van der Waals surface area (Å²) in [6, 6.07) is 18.8. The lowest BCUT2D eigenvalue weighted by atomic mass is 9.96. The van der Waals surface area contributed by atoms with Gasteiger partial charge < -0.3 is 10.8 Å². The van der Waals surface area contributed by atoms with Gasteiger partial charge in [-0.25, -0.2) is 0 Å². The van der Waals surface area contributed by atoms with Crippen molar-refractivity contribution in [3.05, 3.63) is 66.2 Å². The first kappa shape index (κ1) is 12.2. The smallest absolute Gasteiger partial charge is 0.252 e. The van der Waals surface area contributed by atoms with Crippen molar-refractivity contribution in [2.75, 3.05) is 0 Å². The Morgan fingerprint density at radius 2 is 1.50 bits per heavy atom. The quantitative estimate of drug-likeness (QED) is 0.745. The van der Waals surface area contributed by atoms with Crippen LogP contribution in [0.5, 0.6) is 5.75 Å². The molecule has 3 nitrogen and oxygen atoms in total. The van der Waals surface area contributed by atoms with E-state index in [4.69, 9.17) is 5.73 Å². The summed E-state index contributed by atoms with van der Waals surface area (Å²) in [5.41, 5.74) is 6.90. The molecule has 0 heterocycles. The third kappa shape index (κ3) is 1.89. The number of aromatic hydroxyl groups is 1. The number of amides is 1. The average molecular weight is 263 g/mol. The lowest BCUT2D eigenvalue weighted by Gasteiger charge is -2.10. The molecule has 3 N–H and O–H groups in total. The van der Waals surface area contributed by atoms with Gasteiger partial charge in [-0.15, -0.1) is 0 Å². The van der Waals surface area contributed by atoms with Gasteiger partial charge >= 0.3 is 0 Å². The molecule has 0 aliphatic carbocycles. The molecule has 0 bridgehead atoms. The molecule has 3 aromatic rings. The number of nitrogens with two attached hydrogens (primary N) is 1. The van der Waals surface area contributed by atoms with Crippen molar-refractivity contribution < 1.29 is 9.90 Å². The van der Waals surface area contributed by atoms with Crippen LogP contribution < -0.4 is 5.73 Å². The Labute approximate surface area is 116 Å². The van der Waals surface area contributed by atoms with E-state index in [1.165, 1.54) is 6.07 Å². The van der Waals surface area contributed by atoms with Crippen molar-refractivity contribution in [2.24, 2.45) is 5.73 Å². The number of rotatable bonds is 2. The first-order valence-corrected chi connectivity index (χ1v) is 6.28. The van der Waals surface area contributed by atoms with Gasteiger partial charge in [0.25, 0.3) is 5.91 Å². The van der Waals surface area contributed by atoms with Crippen LogP contribution in [0.2, 0.25) is 0 Å². The van der Waals surface area contributed by atoms with E-state index in [0.717, 1.165) is 16.3 Å².